The van der Waals surface area contributed by atoms with Crippen LogP contribution in [0.15, 0.2) is 48.6 Å². The maximum absolute atomic E-state index is 13.2. The fraction of sp³-hybridized carbons (Fsp3) is 0.167. The fourth-order valence-electron chi connectivity index (χ4n) is 3.40. The third kappa shape index (κ3) is 4.94. The van der Waals surface area contributed by atoms with Crippen LogP contribution >= 0.6 is 11.6 Å². The summed E-state index contributed by atoms with van der Waals surface area (Å²) in [5.41, 5.74) is 1.38. The minimum atomic E-state index is -1.16. The number of ether oxygens (including phenoxy) is 2. The van der Waals surface area contributed by atoms with Crippen molar-refractivity contribution in [3.63, 3.8) is 0 Å². The molecule has 4 amide bonds. The van der Waals surface area contributed by atoms with Gasteiger partial charge in [-0.15, -0.1) is 6.58 Å². The van der Waals surface area contributed by atoms with Crippen LogP contribution in [0, 0.1) is 6.92 Å². The standard InChI is InChI=1S/C24H21ClN2O7/c1-4-6-15-9-14(11-19(33-3)21(15)34-12-20(28)29)10-16-22(30)26-24(32)27(23(16)31)18-8-5-7-17(25)13(18)2/h4-5,7-11H,1,6,12H2,2-3H3,(H,28,29)(H,26,30,32)/b16-10+. The van der Waals surface area contributed by atoms with Crippen LogP contribution in [-0.4, -0.2) is 42.6 Å². The number of urea groups is 1. The lowest BCUT2D eigenvalue weighted by molar-refractivity contribution is -0.139. The van der Waals surface area contributed by atoms with Gasteiger partial charge in [-0.05, 0) is 54.8 Å². The molecule has 0 atom stereocenters. The molecule has 1 aliphatic rings. The molecular weight excluding hydrogens is 464 g/mol. The highest BCUT2D eigenvalue weighted by molar-refractivity contribution is 6.40. The predicted molar refractivity (Wildman–Crippen MR) is 125 cm³/mol. The summed E-state index contributed by atoms with van der Waals surface area (Å²) >= 11 is 6.14. The van der Waals surface area contributed by atoms with Crippen molar-refractivity contribution in [2.45, 2.75) is 13.3 Å². The lowest BCUT2D eigenvalue weighted by Crippen LogP contribution is -2.54. The lowest BCUT2D eigenvalue weighted by Gasteiger charge is -2.27. The molecule has 0 spiro atoms. The second-order valence-corrected chi connectivity index (χ2v) is 7.64. The summed E-state index contributed by atoms with van der Waals surface area (Å²) in [7, 11) is 1.37. The third-order valence-electron chi connectivity index (χ3n) is 4.97. The zero-order valence-corrected chi connectivity index (χ0v) is 19.1. The van der Waals surface area contributed by atoms with Gasteiger partial charge >= 0.3 is 12.0 Å². The number of barbiturate groups is 1. The van der Waals surface area contributed by atoms with Crippen LogP contribution in [0.4, 0.5) is 10.5 Å². The molecule has 3 rings (SSSR count). The Balaban J connectivity index is 2.08. The average molecular weight is 485 g/mol. The van der Waals surface area contributed by atoms with Gasteiger partial charge in [-0.2, -0.15) is 0 Å². The molecule has 1 saturated heterocycles. The second kappa shape index (κ2) is 10.2. The van der Waals surface area contributed by atoms with Gasteiger partial charge in [0.15, 0.2) is 18.1 Å². The van der Waals surface area contributed by atoms with Crippen LogP contribution in [-0.2, 0) is 20.8 Å². The van der Waals surface area contributed by atoms with Crippen molar-refractivity contribution in [1.29, 1.82) is 0 Å². The molecule has 2 aromatic carbocycles. The number of imide groups is 2. The van der Waals surface area contributed by atoms with Gasteiger partial charge < -0.3 is 14.6 Å². The molecule has 2 N–H and O–H groups in total. The van der Waals surface area contributed by atoms with Gasteiger partial charge in [0.05, 0.1) is 12.8 Å². The van der Waals surface area contributed by atoms with E-state index in [1.54, 1.807) is 37.3 Å². The molecule has 34 heavy (non-hydrogen) atoms. The highest BCUT2D eigenvalue weighted by Gasteiger charge is 2.37. The van der Waals surface area contributed by atoms with E-state index in [4.69, 9.17) is 26.2 Å². The second-order valence-electron chi connectivity index (χ2n) is 7.23. The Morgan fingerprint density at radius 3 is 2.65 bits per heavy atom. The van der Waals surface area contributed by atoms with Crippen LogP contribution in [0.1, 0.15) is 16.7 Å². The van der Waals surface area contributed by atoms with E-state index < -0.39 is 30.4 Å². The average Bonchev–Trinajstić information content (AvgIpc) is 2.78. The maximum Gasteiger partial charge on any atom is 0.341 e. The zero-order valence-electron chi connectivity index (χ0n) is 18.4. The van der Waals surface area contributed by atoms with Gasteiger partial charge in [0.1, 0.15) is 5.57 Å². The monoisotopic (exact) mass is 484 g/mol. The van der Waals surface area contributed by atoms with E-state index in [1.165, 1.54) is 19.3 Å². The Labute approximate surface area is 200 Å². The quantitative estimate of drug-likeness (QED) is 0.334. The number of halogens is 1. The molecule has 9 nitrogen and oxygen atoms in total. The van der Waals surface area contributed by atoms with Gasteiger partial charge in [0.25, 0.3) is 11.8 Å². The number of hydrogen-bond donors (Lipinski definition) is 2. The number of nitrogens with one attached hydrogen (secondary N) is 1. The minimum Gasteiger partial charge on any atom is -0.493 e. The van der Waals surface area contributed by atoms with Crippen molar-refractivity contribution in [2.75, 3.05) is 18.6 Å². The number of amides is 4. The van der Waals surface area contributed by atoms with Crippen molar-refractivity contribution in [3.8, 4) is 11.5 Å². The first-order chi connectivity index (χ1) is 16.2. The Hall–Kier alpha value is -4.11. The van der Waals surface area contributed by atoms with Gasteiger partial charge in [0.2, 0.25) is 0 Å². The zero-order chi connectivity index (χ0) is 25.0. The summed E-state index contributed by atoms with van der Waals surface area (Å²) in [4.78, 5) is 50.1. The summed E-state index contributed by atoms with van der Waals surface area (Å²) in [6.07, 6.45) is 3.20. The summed E-state index contributed by atoms with van der Waals surface area (Å²) in [5.74, 6) is -2.44. The van der Waals surface area contributed by atoms with Gasteiger partial charge in [-0.3, -0.25) is 14.9 Å². The van der Waals surface area contributed by atoms with Crippen molar-refractivity contribution < 1.29 is 33.8 Å². The molecular formula is C24H21ClN2O7. The molecule has 0 saturated carbocycles. The smallest absolute Gasteiger partial charge is 0.341 e. The number of benzene rings is 2. The summed E-state index contributed by atoms with van der Waals surface area (Å²) in [5, 5.41) is 11.5. The van der Waals surface area contributed by atoms with E-state index in [9.17, 15) is 19.2 Å². The number of carboxylic acids is 1. The molecule has 0 unspecified atom stereocenters. The Morgan fingerprint density at radius 1 is 1.26 bits per heavy atom. The van der Waals surface area contributed by atoms with E-state index in [0.29, 0.717) is 28.1 Å². The van der Waals surface area contributed by atoms with E-state index in [2.05, 4.69) is 11.9 Å². The van der Waals surface area contributed by atoms with Crippen LogP contribution in [0.3, 0.4) is 0 Å². The fourth-order valence-corrected chi connectivity index (χ4v) is 3.57. The van der Waals surface area contributed by atoms with Crippen LogP contribution in [0.2, 0.25) is 5.02 Å². The Morgan fingerprint density at radius 2 is 2.00 bits per heavy atom. The summed E-state index contributed by atoms with van der Waals surface area (Å²) in [6.45, 7) is 4.75. The van der Waals surface area contributed by atoms with Crippen LogP contribution in [0.25, 0.3) is 6.08 Å². The molecule has 1 heterocycles. The van der Waals surface area contributed by atoms with Crippen molar-refractivity contribution >= 4 is 47.2 Å². The number of rotatable bonds is 8. The lowest BCUT2D eigenvalue weighted by atomic mass is 10.0. The molecule has 0 radical (unpaired) electrons. The molecule has 1 aliphatic heterocycles. The number of anilines is 1. The van der Waals surface area contributed by atoms with Crippen LogP contribution in [0.5, 0.6) is 11.5 Å². The molecule has 176 valence electrons. The van der Waals surface area contributed by atoms with Crippen molar-refractivity contribution in [1.82, 2.24) is 5.32 Å². The number of carboxylic acid groups (broad SMARTS) is 1. The first-order valence-corrected chi connectivity index (χ1v) is 10.4. The molecule has 0 aromatic heterocycles. The number of nitrogens with zero attached hydrogens (tertiary/aromatic N) is 1. The first kappa shape index (κ1) is 24.5. The number of allylic oxidation sites excluding steroid dienone is 1. The predicted octanol–water partition coefficient (Wildman–Crippen LogP) is 3.52. The van der Waals surface area contributed by atoms with Gasteiger partial charge in [-0.25, -0.2) is 14.5 Å². The number of hydrogen-bond acceptors (Lipinski definition) is 6. The minimum absolute atomic E-state index is 0.203. The Kier molecular flexibility index (Phi) is 7.37. The van der Waals surface area contributed by atoms with E-state index in [1.807, 2.05) is 0 Å². The van der Waals surface area contributed by atoms with E-state index in [0.717, 1.165) is 4.90 Å². The van der Waals surface area contributed by atoms with Gasteiger partial charge in [0, 0.05) is 10.6 Å². The van der Waals surface area contributed by atoms with Crippen molar-refractivity contribution in [3.05, 3.63) is 70.3 Å². The SMILES string of the molecule is C=CCc1cc(/C=C2\C(=O)NC(=O)N(c3cccc(Cl)c3C)C2=O)cc(OC)c1OCC(=O)O. The Bertz CT molecular complexity index is 1240. The summed E-state index contributed by atoms with van der Waals surface area (Å²) < 4.78 is 10.7. The van der Waals surface area contributed by atoms with Crippen LogP contribution < -0.4 is 19.7 Å². The molecule has 10 heteroatoms. The molecule has 1 fully saturated rings. The topological polar surface area (TPSA) is 122 Å². The largest absolute Gasteiger partial charge is 0.493 e. The normalized spacial score (nSPS) is 14.7. The number of carbonyl (C=O) groups excluding carboxylic acids is 3. The molecule has 0 aliphatic carbocycles. The third-order valence-corrected chi connectivity index (χ3v) is 5.38. The maximum atomic E-state index is 13.2. The highest BCUT2D eigenvalue weighted by atomic mass is 35.5. The van der Waals surface area contributed by atoms with Crippen molar-refractivity contribution in [2.24, 2.45) is 0 Å². The number of methoxy groups -OCH3 is 1. The van der Waals surface area contributed by atoms with E-state index in [-0.39, 0.29) is 22.8 Å². The number of aliphatic carboxylic acids is 1. The number of carbonyl (C=O) groups is 4. The summed E-state index contributed by atoms with van der Waals surface area (Å²) in [6, 6.07) is 6.97. The molecule has 2 aromatic rings. The highest BCUT2D eigenvalue weighted by Crippen LogP contribution is 2.35. The first-order valence-electron chi connectivity index (χ1n) is 10.0. The molecule has 0 bridgehead atoms. The van der Waals surface area contributed by atoms with Gasteiger partial charge in [-0.1, -0.05) is 23.7 Å². The van der Waals surface area contributed by atoms with E-state index >= 15 is 0 Å².